The lowest BCUT2D eigenvalue weighted by molar-refractivity contribution is 0.160. The van der Waals surface area contributed by atoms with E-state index in [1.54, 1.807) is 24.5 Å². The molecular weight excluding hydrogens is 412 g/mol. The van der Waals surface area contributed by atoms with Gasteiger partial charge in [-0.2, -0.15) is 5.10 Å². The SMILES string of the molecule is CN(c1ccc(-c2cc(Cl)c(-c3cn[nH]c3)cc2O)nn1)C1CC(C)(C)NC(C)(C)C1. The van der Waals surface area contributed by atoms with E-state index in [9.17, 15) is 5.11 Å². The smallest absolute Gasteiger partial charge is 0.151 e. The molecule has 0 saturated carbocycles. The number of H-pyrrole nitrogens is 1. The van der Waals surface area contributed by atoms with E-state index in [0.717, 1.165) is 24.2 Å². The zero-order valence-corrected chi connectivity index (χ0v) is 19.3. The van der Waals surface area contributed by atoms with Gasteiger partial charge >= 0.3 is 0 Å². The van der Waals surface area contributed by atoms with Gasteiger partial charge in [-0.15, -0.1) is 10.2 Å². The molecule has 0 radical (unpaired) electrons. The lowest BCUT2D eigenvalue weighted by Gasteiger charge is -2.49. The first-order valence-electron chi connectivity index (χ1n) is 10.4. The van der Waals surface area contributed by atoms with Crippen molar-refractivity contribution in [1.29, 1.82) is 0 Å². The van der Waals surface area contributed by atoms with E-state index in [-0.39, 0.29) is 16.8 Å². The summed E-state index contributed by atoms with van der Waals surface area (Å²) < 4.78 is 0. The number of hydrogen-bond acceptors (Lipinski definition) is 6. The van der Waals surface area contributed by atoms with E-state index >= 15 is 0 Å². The van der Waals surface area contributed by atoms with Crippen LogP contribution in [0.25, 0.3) is 22.4 Å². The average molecular weight is 441 g/mol. The van der Waals surface area contributed by atoms with Gasteiger partial charge in [0.1, 0.15) is 5.75 Å². The molecule has 164 valence electrons. The van der Waals surface area contributed by atoms with Crippen molar-refractivity contribution in [2.75, 3.05) is 11.9 Å². The first kappa shape index (κ1) is 21.6. The van der Waals surface area contributed by atoms with Crippen molar-refractivity contribution < 1.29 is 5.11 Å². The van der Waals surface area contributed by atoms with Gasteiger partial charge in [-0.05, 0) is 64.8 Å². The highest BCUT2D eigenvalue weighted by atomic mass is 35.5. The van der Waals surface area contributed by atoms with Crippen molar-refractivity contribution in [3.05, 3.63) is 41.7 Å². The summed E-state index contributed by atoms with van der Waals surface area (Å²) >= 11 is 6.46. The van der Waals surface area contributed by atoms with Crippen LogP contribution in [0.5, 0.6) is 5.75 Å². The van der Waals surface area contributed by atoms with Crippen molar-refractivity contribution in [1.82, 2.24) is 25.7 Å². The number of rotatable bonds is 4. The molecule has 8 heteroatoms. The summed E-state index contributed by atoms with van der Waals surface area (Å²) in [6.07, 6.45) is 5.42. The summed E-state index contributed by atoms with van der Waals surface area (Å²) in [5.41, 5.74) is 2.73. The normalized spacial score (nSPS) is 18.1. The molecule has 31 heavy (non-hydrogen) atoms. The topological polar surface area (TPSA) is 90.0 Å². The van der Waals surface area contributed by atoms with E-state index in [4.69, 9.17) is 11.6 Å². The lowest BCUT2D eigenvalue weighted by atomic mass is 9.79. The van der Waals surface area contributed by atoms with E-state index in [0.29, 0.717) is 27.9 Å². The Hall–Kier alpha value is -2.64. The first-order chi connectivity index (χ1) is 14.5. The number of phenols is 1. The van der Waals surface area contributed by atoms with Crippen molar-refractivity contribution in [2.45, 2.75) is 57.7 Å². The van der Waals surface area contributed by atoms with Crippen LogP contribution in [-0.4, -0.2) is 49.7 Å². The summed E-state index contributed by atoms with van der Waals surface area (Å²) in [4.78, 5) is 2.20. The number of aromatic hydroxyl groups is 1. The molecule has 0 aliphatic carbocycles. The second-order valence-electron chi connectivity index (χ2n) is 9.68. The van der Waals surface area contributed by atoms with Crippen LogP contribution < -0.4 is 10.2 Å². The third-order valence-corrected chi connectivity index (χ3v) is 6.21. The number of nitrogens with one attached hydrogen (secondary N) is 2. The van der Waals surface area contributed by atoms with Crippen LogP contribution >= 0.6 is 11.6 Å². The zero-order valence-electron chi connectivity index (χ0n) is 18.6. The van der Waals surface area contributed by atoms with Crippen molar-refractivity contribution >= 4 is 17.4 Å². The second-order valence-corrected chi connectivity index (χ2v) is 10.1. The summed E-state index contributed by atoms with van der Waals surface area (Å²) in [6, 6.07) is 7.51. The predicted octanol–water partition coefficient (Wildman–Crippen LogP) is 4.64. The fraction of sp³-hybridized carbons (Fsp3) is 0.435. The van der Waals surface area contributed by atoms with E-state index < -0.39 is 0 Å². The van der Waals surface area contributed by atoms with Crippen molar-refractivity contribution in [2.24, 2.45) is 0 Å². The Bertz CT molecular complexity index is 1050. The maximum absolute atomic E-state index is 10.6. The van der Waals surface area contributed by atoms with Crippen molar-refractivity contribution in [3.63, 3.8) is 0 Å². The summed E-state index contributed by atoms with van der Waals surface area (Å²) in [5.74, 6) is 0.903. The van der Waals surface area contributed by atoms with Crippen LogP contribution in [-0.2, 0) is 0 Å². The molecule has 0 spiro atoms. The molecule has 1 fully saturated rings. The minimum Gasteiger partial charge on any atom is -0.507 e. The molecular formula is C23H29ClN6O. The number of benzene rings is 1. The molecule has 1 aliphatic heterocycles. The molecule has 0 bridgehead atoms. The highest BCUT2D eigenvalue weighted by Gasteiger charge is 2.39. The van der Waals surface area contributed by atoms with E-state index in [1.165, 1.54) is 0 Å². The number of anilines is 1. The highest BCUT2D eigenvalue weighted by Crippen LogP contribution is 2.38. The molecule has 2 aromatic heterocycles. The zero-order chi connectivity index (χ0) is 22.4. The molecule has 7 nitrogen and oxygen atoms in total. The quantitative estimate of drug-likeness (QED) is 0.547. The molecule has 0 amide bonds. The number of hydrogen-bond donors (Lipinski definition) is 3. The van der Waals surface area contributed by atoms with Crippen molar-refractivity contribution in [3.8, 4) is 28.1 Å². The summed E-state index contributed by atoms with van der Waals surface area (Å²) in [7, 11) is 2.07. The molecule has 1 saturated heterocycles. The fourth-order valence-corrected chi connectivity index (χ4v) is 5.05. The van der Waals surface area contributed by atoms with Crippen LogP contribution in [0.3, 0.4) is 0 Å². The predicted molar refractivity (Wildman–Crippen MR) is 124 cm³/mol. The van der Waals surface area contributed by atoms with Gasteiger partial charge in [0, 0.05) is 52.1 Å². The minimum absolute atomic E-state index is 0.0489. The van der Waals surface area contributed by atoms with E-state index in [2.05, 4.69) is 65.4 Å². The number of aromatic nitrogens is 4. The average Bonchev–Trinajstić information content (AvgIpc) is 3.21. The van der Waals surface area contributed by atoms with Gasteiger partial charge in [0.05, 0.1) is 11.9 Å². The van der Waals surface area contributed by atoms with Gasteiger partial charge in [0.2, 0.25) is 0 Å². The van der Waals surface area contributed by atoms with Gasteiger partial charge in [-0.1, -0.05) is 11.6 Å². The number of aromatic amines is 1. The largest absolute Gasteiger partial charge is 0.507 e. The summed E-state index contributed by atoms with van der Waals surface area (Å²) in [5, 5.41) is 30.4. The Kier molecular flexibility index (Phi) is 5.43. The van der Waals surface area contributed by atoms with Gasteiger partial charge in [-0.3, -0.25) is 5.10 Å². The lowest BCUT2D eigenvalue weighted by Crippen LogP contribution is -2.62. The molecule has 1 aliphatic rings. The Labute approximate surface area is 187 Å². The number of halogens is 1. The van der Waals surface area contributed by atoms with Crippen LogP contribution in [0.1, 0.15) is 40.5 Å². The van der Waals surface area contributed by atoms with Crippen LogP contribution in [0, 0.1) is 0 Å². The third kappa shape index (κ3) is 4.52. The molecule has 4 rings (SSSR count). The monoisotopic (exact) mass is 440 g/mol. The maximum Gasteiger partial charge on any atom is 0.151 e. The van der Waals surface area contributed by atoms with Gasteiger partial charge in [-0.25, -0.2) is 0 Å². The van der Waals surface area contributed by atoms with Crippen LogP contribution in [0.4, 0.5) is 5.82 Å². The third-order valence-electron chi connectivity index (χ3n) is 5.90. The van der Waals surface area contributed by atoms with Gasteiger partial charge < -0.3 is 15.3 Å². The summed E-state index contributed by atoms with van der Waals surface area (Å²) in [6.45, 7) is 8.96. The minimum atomic E-state index is 0.0489. The number of piperidine rings is 1. The van der Waals surface area contributed by atoms with Gasteiger partial charge in [0.15, 0.2) is 5.82 Å². The Balaban J connectivity index is 1.58. The highest BCUT2D eigenvalue weighted by molar-refractivity contribution is 6.33. The molecule has 0 unspecified atom stereocenters. The molecule has 3 N–H and O–H groups in total. The van der Waals surface area contributed by atoms with Gasteiger partial charge in [0.25, 0.3) is 0 Å². The number of phenolic OH excluding ortho intramolecular Hbond substituents is 1. The molecule has 3 heterocycles. The van der Waals surface area contributed by atoms with Crippen LogP contribution in [0.15, 0.2) is 36.7 Å². The maximum atomic E-state index is 10.6. The standard InChI is InChI=1S/C23H29ClN6O/c1-22(2)10-15(11-23(3,4)29-22)30(5)21-7-6-19(27-28-21)17-8-18(24)16(9-20(17)31)14-12-25-26-13-14/h6-9,12-13,15,29,31H,10-11H2,1-5H3,(H,25,26). The Morgan fingerprint density at radius 1 is 1.06 bits per heavy atom. The Morgan fingerprint density at radius 3 is 2.35 bits per heavy atom. The van der Waals surface area contributed by atoms with Crippen LogP contribution in [0.2, 0.25) is 5.02 Å². The second kappa shape index (κ2) is 7.80. The first-order valence-corrected chi connectivity index (χ1v) is 10.8. The molecule has 3 aromatic rings. The Morgan fingerprint density at radius 2 is 1.77 bits per heavy atom. The van der Waals surface area contributed by atoms with E-state index in [1.807, 2.05) is 12.1 Å². The number of nitrogens with zero attached hydrogens (tertiary/aromatic N) is 4. The molecule has 0 atom stereocenters. The molecule has 1 aromatic carbocycles. The fourth-order valence-electron chi connectivity index (χ4n) is 4.77.